The van der Waals surface area contributed by atoms with Crippen molar-refractivity contribution in [2.45, 2.75) is 18.4 Å². The summed E-state index contributed by atoms with van der Waals surface area (Å²) < 4.78 is 31.7. The highest BCUT2D eigenvalue weighted by Crippen LogP contribution is 2.26. The molecule has 0 unspecified atom stereocenters. The van der Waals surface area contributed by atoms with Gasteiger partial charge >= 0.3 is 0 Å². The van der Waals surface area contributed by atoms with Crippen LogP contribution in [-0.4, -0.2) is 8.42 Å². The predicted octanol–water partition coefficient (Wildman–Crippen LogP) is 2.30. The third kappa shape index (κ3) is 3.09. The molecule has 2 aromatic rings. The summed E-state index contributed by atoms with van der Waals surface area (Å²) >= 11 is 5.90. The zero-order chi connectivity index (χ0) is 14.0. The van der Waals surface area contributed by atoms with Crippen molar-refractivity contribution in [1.29, 1.82) is 0 Å². The van der Waals surface area contributed by atoms with Gasteiger partial charge in [0.25, 0.3) is 0 Å². The largest absolute Gasteiger partial charge is 0.468 e. The second-order valence-electron chi connectivity index (χ2n) is 4.05. The highest BCUT2D eigenvalue weighted by molar-refractivity contribution is 7.89. The number of hydrogen-bond acceptors (Lipinski definition) is 4. The molecule has 7 heteroatoms. The molecule has 0 fully saturated rings. The molecule has 5 nitrogen and oxygen atoms in total. The van der Waals surface area contributed by atoms with Crippen molar-refractivity contribution in [1.82, 2.24) is 4.72 Å². The van der Waals surface area contributed by atoms with E-state index in [1.807, 2.05) is 0 Å². The Labute approximate surface area is 116 Å². The SMILES string of the molecule is Cc1cc(S(=O)(=O)NCc2ccco2)cc(N)c1Cl. The topological polar surface area (TPSA) is 85.3 Å². The van der Waals surface area contributed by atoms with Crippen molar-refractivity contribution in [3.05, 3.63) is 46.9 Å². The van der Waals surface area contributed by atoms with E-state index in [9.17, 15) is 8.42 Å². The van der Waals surface area contributed by atoms with Crippen LogP contribution in [0.3, 0.4) is 0 Å². The number of aryl methyl sites for hydroxylation is 1. The number of benzene rings is 1. The van der Waals surface area contributed by atoms with E-state index in [0.29, 0.717) is 16.3 Å². The number of nitrogen functional groups attached to an aromatic ring is 1. The lowest BCUT2D eigenvalue weighted by Gasteiger charge is -2.09. The summed E-state index contributed by atoms with van der Waals surface area (Å²) in [5.41, 5.74) is 6.51. The van der Waals surface area contributed by atoms with E-state index in [4.69, 9.17) is 21.8 Å². The van der Waals surface area contributed by atoms with Gasteiger partial charge in [0.1, 0.15) is 5.76 Å². The minimum Gasteiger partial charge on any atom is -0.468 e. The Morgan fingerprint density at radius 3 is 2.74 bits per heavy atom. The van der Waals surface area contributed by atoms with Gasteiger partial charge in [-0.25, -0.2) is 13.1 Å². The Kier molecular flexibility index (Phi) is 3.84. The van der Waals surface area contributed by atoms with E-state index in [0.717, 1.165) is 0 Å². The van der Waals surface area contributed by atoms with E-state index >= 15 is 0 Å². The van der Waals surface area contributed by atoms with Crippen molar-refractivity contribution >= 4 is 27.3 Å². The maximum Gasteiger partial charge on any atom is 0.241 e. The average molecular weight is 301 g/mol. The molecular formula is C12H13ClN2O3S. The first kappa shape index (κ1) is 13.9. The lowest BCUT2D eigenvalue weighted by Crippen LogP contribution is -2.23. The van der Waals surface area contributed by atoms with Crippen molar-refractivity contribution in [2.24, 2.45) is 0 Å². The monoisotopic (exact) mass is 300 g/mol. The van der Waals surface area contributed by atoms with Gasteiger partial charge in [0.05, 0.1) is 28.4 Å². The van der Waals surface area contributed by atoms with Crippen LogP contribution in [0.25, 0.3) is 0 Å². The van der Waals surface area contributed by atoms with Gasteiger partial charge in [-0.05, 0) is 36.8 Å². The Morgan fingerprint density at radius 2 is 2.16 bits per heavy atom. The van der Waals surface area contributed by atoms with Crippen molar-refractivity contribution in [3.8, 4) is 0 Å². The van der Waals surface area contributed by atoms with Crippen molar-refractivity contribution in [2.75, 3.05) is 5.73 Å². The second kappa shape index (κ2) is 5.24. The van der Waals surface area contributed by atoms with E-state index in [-0.39, 0.29) is 17.1 Å². The predicted molar refractivity (Wildman–Crippen MR) is 73.3 cm³/mol. The molecule has 0 aliphatic rings. The number of furan rings is 1. The highest BCUT2D eigenvalue weighted by Gasteiger charge is 2.17. The molecule has 0 amide bonds. The third-order valence-electron chi connectivity index (χ3n) is 2.58. The lowest BCUT2D eigenvalue weighted by molar-refractivity contribution is 0.498. The molecule has 1 aromatic heterocycles. The van der Waals surface area contributed by atoms with E-state index in [2.05, 4.69) is 4.72 Å². The van der Waals surface area contributed by atoms with Gasteiger partial charge in [-0.2, -0.15) is 0 Å². The molecular weight excluding hydrogens is 288 g/mol. The minimum absolute atomic E-state index is 0.0803. The normalized spacial score (nSPS) is 11.7. The van der Waals surface area contributed by atoms with Crippen LogP contribution in [0.1, 0.15) is 11.3 Å². The smallest absolute Gasteiger partial charge is 0.241 e. The fraction of sp³-hybridized carbons (Fsp3) is 0.167. The van der Waals surface area contributed by atoms with Crippen molar-refractivity contribution < 1.29 is 12.8 Å². The fourth-order valence-corrected chi connectivity index (χ4v) is 2.80. The highest BCUT2D eigenvalue weighted by atomic mass is 35.5. The fourth-order valence-electron chi connectivity index (χ4n) is 1.58. The Morgan fingerprint density at radius 1 is 1.42 bits per heavy atom. The average Bonchev–Trinajstić information content (AvgIpc) is 2.86. The van der Waals surface area contributed by atoms with Crippen LogP contribution in [-0.2, 0) is 16.6 Å². The summed E-state index contributed by atoms with van der Waals surface area (Å²) in [5, 5.41) is 0.366. The molecule has 0 spiro atoms. The van der Waals surface area contributed by atoms with Crippen LogP contribution < -0.4 is 10.5 Å². The number of anilines is 1. The first-order valence-corrected chi connectivity index (χ1v) is 7.34. The van der Waals surface area contributed by atoms with Gasteiger partial charge in [0.2, 0.25) is 10.0 Å². The van der Waals surface area contributed by atoms with Gasteiger partial charge in [-0.1, -0.05) is 11.6 Å². The minimum atomic E-state index is -3.65. The zero-order valence-electron chi connectivity index (χ0n) is 10.2. The van der Waals surface area contributed by atoms with Crippen LogP contribution in [0.15, 0.2) is 39.8 Å². The number of nitrogens with one attached hydrogen (secondary N) is 1. The molecule has 1 aromatic carbocycles. The summed E-state index contributed by atoms with van der Waals surface area (Å²) in [6.45, 7) is 1.78. The molecule has 2 rings (SSSR count). The molecule has 0 aliphatic heterocycles. The van der Waals surface area contributed by atoms with Gasteiger partial charge in [-0.3, -0.25) is 0 Å². The molecule has 19 heavy (non-hydrogen) atoms. The maximum absolute atomic E-state index is 12.1. The summed E-state index contributed by atoms with van der Waals surface area (Å²) in [5.74, 6) is 0.530. The van der Waals surface area contributed by atoms with Crippen LogP contribution in [0.4, 0.5) is 5.69 Å². The molecule has 0 radical (unpaired) electrons. The number of hydrogen-bond donors (Lipinski definition) is 2. The number of rotatable bonds is 4. The molecule has 0 atom stereocenters. The van der Waals surface area contributed by atoms with Crippen LogP contribution in [0.2, 0.25) is 5.02 Å². The zero-order valence-corrected chi connectivity index (χ0v) is 11.8. The molecule has 0 saturated heterocycles. The molecule has 3 N–H and O–H groups in total. The number of sulfonamides is 1. The van der Waals surface area contributed by atoms with Crippen LogP contribution in [0, 0.1) is 6.92 Å². The summed E-state index contributed by atoms with van der Waals surface area (Å²) in [7, 11) is -3.65. The van der Waals surface area contributed by atoms with Gasteiger partial charge in [0, 0.05) is 0 Å². The second-order valence-corrected chi connectivity index (χ2v) is 6.19. The van der Waals surface area contributed by atoms with E-state index < -0.39 is 10.0 Å². The summed E-state index contributed by atoms with van der Waals surface area (Å²) in [6.07, 6.45) is 1.48. The Hall–Kier alpha value is -1.50. The van der Waals surface area contributed by atoms with E-state index in [1.54, 1.807) is 19.1 Å². The van der Waals surface area contributed by atoms with E-state index in [1.165, 1.54) is 18.4 Å². The third-order valence-corrected chi connectivity index (χ3v) is 4.48. The van der Waals surface area contributed by atoms with Crippen LogP contribution in [0.5, 0.6) is 0 Å². The lowest BCUT2D eigenvalue weighted by atomic mass is 10.2. The summed E-state index contributed by atoms with van der Waals surface area (Å²) in [6, 6.07) is 6.18. The van der Waals surface area contributed by atoms with Gasteiger partial charge < -0.3 is 10.2 Å². The molecule has 0 saturated carbocycles. The maximum atomic E-state index is 12.1. The molecule has 1 heterocycles. The Bertz CT molecular complexity index is 658. The quantitative estimate of drug-likeness (QED) is 0.848. The first-order chi connectivity index (χ1) is 8.90. The summed E-state index contributed by atoms with van der Waals surface area (Å²) in [4.78, 5) is 0.0819. The number of halogens is 1. The van der Waals surface area contributed by atoms with Gasteiger partial charge in [-0.15, -0.1) is 0 Å². The standard InChI is InChI=1S/C12H13ClN2O3S/c1-8-5-10(6-11(14)12(8)13)19(16,17)15-7-9-3-2-4-18-9/h2-6,15H,7,14H2,1H3. The van der Waals surface area contributed by atoms with Gasteiger partial charge in [0.15, 0.2) is 0 Å². The molecule has 0 aliphatic carbocycles. The molecule has 0 bridgehead atoms. The first-order valence-electron chi connectivity index (χ1n) is 5.48. The Balaban J connectivity index is 2.24. The number of nitrogens with two attached hydrogens (primary N) is 1. The van der Waals surface area contributed by atoms with Crippen LogP contribution >= 0.6 is 11.6 Å². The molecule has 102 valence electrons. The van der Waals surface area contributed by atoms with Crippen molar-refractivity contribution in [3.63, 3.8) is 0 Å².